The molecule has 31 heavy (non-hydrogen) atoms. The summed E-state index contributed by atoms with van der Waals surface area (Å²) in [6, 6.07) is 11.2. The molecular weight excluding hydrogens is 420 g/mol. The normalized spacial score (nSPS) is 15.8. The van der Waals surface area contributed by atoms with Crippen molar-refractivity contribution < 1.29 is 27.5 Å². The van der Waals surface area contributed by atoms with Gasteiger partial charge in [-0.25, -0.2) is 13.2 Å². The smallest absolute Gasteiger partial charge is 0.338 e. The summed E-state index contributed by atoms with van der Waals surface area (Å²) >= 11 is 0. The lowest BCUT2D eigenvalue weighted by Gasteiger charge is -2.26. The lowest BCUT2D eigenvalue weighted by atomic mass is 10.1. The number of aryl methyl sites for hydroxylation is 2. The Bertz CT molecular complexity index is 1040. The molecule has 1 atom stereocenters. The number of hydrogen-bond acceptors (Lipinski definition) is 6. The minimum atomic E-state index is -3.61. The van der Waals surface area contributed by atoms with E-state index in [9.17, 15) is 18.0 Å². The average molecular weight is 447 g/mol. The second-order valence-corrected chi connectivity index (χ2v) is 9.39. The summed E-state index contributed by atoms with van der Waals surface area (Å²) in [5, 5.41) is 2.63. The van der Waals surface area contributed by atoms with Crippen molar-refractivity contribution in [3.8, 4) is 0 Å². The van der Waals surface area contributed by atoms with Crippen LogP contribution < -0.4 is 5.32 Å². The molecule has 1 saturated heterocycles. The van der Waals surface area contributed by atoms with Crippen LogP contribution >= 0.6 is 0 Å². The maximum atomic E-state index is 12.7. The second-order valence-electron chi connectivity index (χ2n) is 7.45. The van der Waals surface area contributed by atoms with Crippen LogP contribution in [0.1, 0.15) is 28.4 Å². The van der Waals surface area contributed by atoms with E-state index in [2.05, 4.69) is 5.32 Å². The fourth-order valence-corrected chi connectivity index (χ4v) is 4.67. The Morgan fingerprint density at radius 2 is 1.61 bits per heavy atom. The number of nitrogens with one attached hydrogen (secondary N) is 1. The summed E-state index contributed by atoms with van der Waals surface area (Å²) in [6.07, 6.45) is -1.02. The standard InChI is InChI=1S/C22H26N2O6S/c1-15-12-16(2)14-18(13-15)22(26)30-17(3)21(25)23-19-4-6-20(7-5-19)31(27,28)24-8-10-29-11-9-24/h4-7,12-14,17H,8-11H2,1-3H3,(H,23,25). The van der Waals surface area contributed by atoms with Crippen LogP contribution in [-0.4, -0.2) is 57.0 Å². The molecule has 0 saturated carbocycles. The Kier molecular flexibility index (Phi) is 7.09. The van der Waals surface area contributed by atoms with Gasteiger partial charge in [-0.15, -0.1) is 0 Å². The predicted octanol–water partition coefficient (Wildman–Crippen LogP) is 2.51. The van der Waals surface area contributed by atoms with E-state index in [0.717, 1.165) is 11.1 Å². The van der Waals surface area contributed by atoms with Gasteiger partial charge in [0.05, 0.1) is 23.7 Å². The topological polar surface area (TPSA) is 102 Å². The average Bonchev–Trinajstić information content (AvgIpc) is 2.74. The van der Waals surface area contributed by atoms with Crippen LogP contribution in [0.5, 0.6) is 0 Å². The molecule has 1 amide bonds. The number of anilines is 1. The van der Waals surface area contributed by atoms with E-state index in [-0.39, 0.29) is 4.90 Å². The van der Waals surface area contributed by atoms with Gasteiger partial charge in [0.2, 0.25) is 10.0 Å². The van der Waals surface area contributed by atoms with E-state index in [1.165, 1.54) is 35.5 Å². The minimum absolute atomic E-state index is 0.140. The van der Waals surface area contributed by atoms with Gasteiger partial charge in [-0.2, -0.15) is 4.31 Å². The first-order chi connectivity index (χ1) is 14.7. The van der Waals surface area contributed by atoms with Crippen LogP contribution in [0.3, 0.4) is 0 Å². The zero-order valence-corrected chi connectivity index (χ0v) is 18.6. The maximum Gasteiger partial charge on any atom is 0.338 e. The Morgan fingerprint density at radius 1 is 1.03 bits per heavy atom. The molecule has 0 bridgehead atoms. The van der Waals surface area contributed by atoms with E-state index in [1.54, 1.807) is 12.1 Å². The number of benzene rings is 2. The van der Waals surface area contributed by atoms with Crippen molar-refractivity contribution in [3.05, 3.63) is 59.2 Å². The lowest BCUT2D eigenvalue weighted by Crippen LogP contribution is -2.40. The van der Waals surface area contributed by atoms with Crippen molar-refractivity contribution in [2.75, 3.05) is 31.6 Å². The van der Waals surface area contributed by atoms with Gasteiger partial charge < -0.3 is 14.8 Å². The highest BCUT2D eigenvalue weighted by atomic mass is 32.2. The Hall–Kier alpha value is -2.75. The van der Waals surface area contributed by atoms with Crippen molar-refractivity contribution in [1.82, 2.24) is 4.31 Å². The molecule has 1 heterocycles. The van der Waals surface area contributed by atoms with Crippen molar-refractivity contribution in [2.45, 2.75) is 31.8 Å². The molecule has 1 N–H and O–H groups in total. The number of rotatable bonds is 6. The molecule has 0 spiro atoms. The number of morpholine rings is 1. The lowest BCUT2D eigenvalue weighted by molar-refractivity contribution is -0.123. The number of carbonyl (C=O) groups excluding carboxylic acids is 2. The number of hydrogen-bond donors (Lipinski definition) is 1. The van der Waals surface area contributed by atoms with Gasteiger partial charge in [-0.1, -0.05) is 17.2 Å². The summed E-state index contributed by atoms with van der Waals surface area (Å²) in [4.78, 5) is 24.9. The van der Waals surface area contributed by atoms with E-state index >= 15 is 0 Å². The van der Waals surface area contributed by atoms with Gasteiger partial charge in [-0.05, 0) is 57.2 Å². The number of nitrogens with zero attached hydrogens (tertiary/aromatic N) is 1. The van der Waals surface area contributed by atoms with Gasteiger partial charge in [0.15, 0.2) is 6.10 Å². The summed E-state index contributed by atoms with van der Waals surface area (Å²) in [5.41, 5.74) is 2.64. The van der Waals surface area contributed by atoms with Crippen LogP contribution in [0, 0.1) is 13.8 Å². The molecular formula is C22H26N2O6S. The third-order valence-corrected chi connectivity index (χ3v) is 6.75. The minimum Gasteiger partial charge on any atom is -0.449 e. The molecule has 0 radical (unpaired) electrons. The summed E-state index contributed by atoms with van der Waals surface area (Å²) in [6.45, 7) is 6.59. The number of amides is 1. The largest absolute Gasteiger partial charge is 0.449 e. The number of carbonyl (C=O) groups is 2. The first-order valence-corrected chi connectivity index (χ1v) is 11.4. The molecule has 2 aromatic carbocycles. The maximum absolute atomic E-state index is 12.7. The van der Waals surface area contributed by atoms with Gasteiger partial charge in [0.1, 0.15) is 0 Å². The molecule has 1 aliphatic heterocycles. The second kappa shape index (κ2) is 9.59. The van der Waals surface area contributed by atoms with Crippen molar-refractivity contribution >= 4 is 27.6 Å². The first kappa shape index (κ1) is 22.9. The molecule has 1 fully saturated rings. The van der Waals surface area contributed by atoms with E-state index in [4.69, 9.17) is 9.47 Å². The van der Waals surface area contributed by atoms with Crippen LogP contribution in [0.4, 0.5) is 5.69 Å². The highest BCUT2D eigenvalue weighted by Gasteiger charge is 2.26. The summed E-state index contributed by atoms with van der Waals surface area (Å²) in [7, 11) is -3.61. The van der Waals surface area contributed by atoms with Gasteiger partial charge >= 0.3 is 5.97 Å². The summed E-state index contributed by atoms with van der Waals surface area (Å²) in [5.74, 6) is -1.09. The molecule has 1 aliphatic rings. The van der Waals surface area contributed by atoms with E-state index in [0.29, 0.717) is 37.6 Å². The van der Waals surface area contributed by atoms with E-state index in [1.807, 2.05) is 19.9 Å². The van der Waals surface area contributed by atoms with Crippen molar-refractivity contribution in [2.24, 2.45) is 0 Å². The molecule has 9 heteroatoms. The summed E-state index contributed by atoms with van der Waals surface area (Å²) < 4.78 is 37.2. The molecule has 8 nitrogen and oxygen atoms in total. The van der Waals surface area contributed by atoms with Gasteiger partial charge in [-0.3, -0.25) is 4.79 Å². The molecule has 166 valence electrons. The molecule has 1 unspecified atom stereocenters. The zero-order valence-electron chi connectivity index (χ0n) is 17.8. The van der Waals surface area contributed by atoms with Crippen LogP contribution in [0.25, 0.3) is 0 Å². The number of esters is 1. The molecule has 0 aliphatic carbocycles. The first-order valence-electron chi connectivity index (χ1n) is 9.95. The van der Waals surface area contributed by atoms with Crippen molar-refractivity contribution in [3.63, 3.8) is 0 Å². The van der Waals surface area contributed by atoms with Crippen LogP contribution in [0.2, 0.25) is 0 Å². The predicted molar refractivity (Wildman–Crippen MR) is 115 cm³/mol. The fraction of sp³-hybridized carbons (Fsp3) is 0.364. The number of ether oxygens (including phenoxy) is 2. The van der Waals surface area contributed by atoms with Gasteiger partial charge in [0.25, 0.3) is 5.91 Å². The van der Waals surface area contributed by atoms with Gasteiger partial charge in [0, 0.05) is 18.8 Å². The zero-order chi connectivity index (χ0) is 22.6. The fourth-order valence-electron chi connectivity index (χ4n) is 3.26. The third-order valence-electron chi connectivity index (χ3n) is 4.84. The van der Waals surface area contributed by atoms with Crippen molar-refractivity contribution in [1.29, 1.82) is 0 Å². The molecule has 0 aromatic heterocycles. The third kappa shape index (κ3) is 5.69. The SMILES string of the molecule is Cc1cc(C)cc(C(=O)OC(C)C(=O)Nc2ccc(S(=O)(=O)N3CCOCC3)cc2)c1. The van der Waals surface area contributed by atoms with Crippen LogP contribution in [0.15, 0.2) is 47.4 Å². The number of sulfonamides is 1. The Balaban J connectivity index is 1.61. The van der Waals surface area contributed by atoms with Crippen LogP contribution in [-0.2, 0) is 24.3 Å². The Morgan fingerprint density at radius 3 is 2.19 bits per heavy atom. The molecule has 2 aromatic rings. The quantitative estimate of drug-likeness (QED) is 0.684. The highest BCUT2D eigenvalue weighted by Crippen LogP contribution is 2.20. The Labute approximate surface area is 182 Å². The monoisotopic (exact) mass is 446 g/mol. The highest BCUT2D eigenvalue weighted by molar-refractivity contribution is 7.89. The van der Waals surface area contributed by atoms with E-state index < -0.39 is 28.0 Å². The molecule has 3 rings (SSSR count).